The summed E-state index contributed by atoms with van der Waals surface area (Å²) in [4.78, 5) is 35.6. The van der Waals surface area contributed by atoms with E-state index in [4.69, 9.17) is 4.74 Å². The molecule has 2 aromatic carbocycles. The highest BCUT2D eigenvalue weighted by Crippen LogP contribution is 2.11. The Morgan fingerprint density at radius 2 is 1.65 bits per heavy atom. The molecule has 0 bridgehead atoms. The minimum atomic E-state index is -0.612. The number of carbonyl (C=O) groups is 3. The normalized spacial score (nSPS) is 10.8. The van der Waals surface area contributed by atoms with Crippen LogP contribution in [0.15, 0.2) is 60.3 Å². The van der Waals surface area contributed by atoms with Crippen molar-refractivity contribution in [3.05, 3.63) is 71.4 Å². The van der Waals surface area contributed by atoms with E-state index >= 15 is 0 Å². The molecule has 0 saturated carbocycles. The number of nitrogens with one attached hydrogen (secondary N) is 2. The molecule has 6 nitrogen and oxygen atoms in total. The highest BCUT2D eigenvalue weighted by Gasteiger charge is 2.15. The van der Waals surface area contributed by atoms with Crippen LogP contribution in [-0.4, -0.2) is 24.4 Å². The van der Waals surface area contributed by atoms with Crippen LogP contribution in [-0.2, 0) is 14.3 Å². The van der Waals surface area contributed by atoms with Crippen molar-refractivity contribution in [2.24, 2.45) is 0 Å². The molecule has 0 saturated heterocycles. The van der Waals surface area contributed by atoms with Gasteiger partial charge in [-0.3, -0.25) is 9.59 Å². The third kappa shape index (κ3) is 5.59. The van der Waals surface area contributed by atoms with E-state index in [0.29, 0.717) is 11.3 Å². The predicted octanol–water partition coefficient (Wildman–Crippen LogP) is 2.98. The third-order valence-electron chi connectivity index (χ3n) is 3.32. The zero-order chi connectivity index (χ0) is 18.9. The first kappa shape index (κ1) is 18.9. The molecule has 0 heterocycles. The molecule has 6 heteroatoms. The number of amides is 2. The van der Waals surface area contributed by atoms with E-state index in [1.807, 2.05) is 30.3 Å². The number of hydrogen-bond donors (Lipinski definition) is 2. The second-order valence-electron chi connectivity index (χ2n) is 5.40. The van der Waals surface area contributed by atoms with Crippen LogP contribution < -0.4 is 10.6 Å². The molecule has 2 N–H and O–H groups in total. The van der Waals surface area contributed by atoms with E-state index in [-0.39, 0.29) is 18.2 Å². The molecule has 0 atom stereocenters. The van der Waals surface area contributed by atoms with Crippen molar-refractivity contribution in [2.75, 3.05) is 11.9 Å². The van der Waals surface area contributed by atoms with Crippen molar-refractivity contribution in [3.63, 3.8) is 0 Å². The fourth-order valence-electron chi connectivity index (χ4n) is 2.17. The number of carbonyl (C=O) groups excluding carboxylic acids is 3. The first-order chi connectivity index (χ1) is 12.5. The van der Waals surface area contributed by atoms with Gasteiger partial charge in [0.25, 0.3) is 5.91 Å². The van der Waals surface area contributed by atoms with E-state index < -0.39 is 11.9 Å². The predicted molar refractivity (Wildman–Crippen MR) is 99.3 cm³/mol. The Morgan fingerprint density at radius 3 is 2.23 bits per heavy atom. The average Bonchev–Trinajstić information content (AvgIpc) is 2.62. The van der Waals surface area contributed by atoms with Crippen molar-refractivity contribution >= 4 is 29.5 Å². The molecule has 0 fully saturated rings. The Balaban J connectivity index is 2.19. The third-order valence-corrected chi connectivity index (χ3v) is 3.32. The molecule has 0 unspecified atom stereocenters. The molecule has 134 valence electrons. The lowest BCUT2D eigenvalue weighted by Crippen LogP contribution is -2.28. The highest BCUT2D eigenvalue weighted by molar-refractivity contribution is 6.03. The maximum absolute atomic E-state index is 12.4. The summed E-state index contributed by atoms with van der Waals surface area (Å²) in [5.74, 6) is -1.26. The summed E-state index contributed by atoms with van der Waals surface area (Å²) in [6, 6.07) is 15.5. The summed E-state index contributed by atoms with van der Waals surface area (Å²) in [5, 5.41) is 5.21. The summed E-state index contributed by atoms with van der Waals surface area (Å²) in [7, 11) is 0. The molecule has 0 aliphatic heterocycles. The Labute approximate surface area is 151 Å². The Hall–Kier alpha value is -3.41. The monoisotopic (exact) mass is 352 g/mol. The maximum Gasteiger partial charge on any atom is 0.354 e. The van der Waals surface area contributed by atoms with Crippen molar-refractivity contribution in [3.8, 4) is 0 Å². The Bertz CT molecular complexity index is 811. The molecule has 2 rings (SSSR count). The molecular formula is C20H20N2O4. The van der Waals surface area contributed by atoms with Crippen molar-refractivity contribution in [2.45, 2.75) is 13.8 Å². The van der Waals surface area contributed by atoms with Crippen LogP contribution in [0.25, 0.3) is 6.08 Å². The van der Waals surface area contributed by atoms with E-state index in [9.17, 15) is 14.4 Å². The summed E-state index contributed by atoms with van der Waals surface area (Å²) in [6.45, 7) is 3.30. The topological polar surface area (TPSA) is 84.5 Å². The van der Waals surface area contributed by atoms with Crippen LogP contribution in [0.5, 0.6) is 0 Å². The number of anilines is 1. The van der Waals surface area contributed by atoms with Gasteiger partial charge in [-0.25, -0.2) is 4.79 Å². The second kappa shape index (κ2) is 9.17. The van der Waals surface area contributed by atoms with Gasteiger partial charge in [-0.05, 0) is 42.8 Å². The van der Waals surface area contributed by atoms with Gasteiger partial charge in [0.05, 0.1) is 6.61 Å². The van der Waals surface area contributed by atoms with Crippen LogP contribution in [0.1, 0.15) is 29.8 Å². The van der Waals surface area contributed by atoms with E-state index in [1.165, 1.54) is 6.92 Å². The zero-order valence-electron chi connectivity index (χ0n) is 14.6. The minimum absolute atomic E-state index is 0.0500. The molecule has 26 heavy (non-hydrogen) atoms. The molecular weight excluding hydrogens is 332 g/mol. The minimum Gasteiger partial charge on any atom is -0.461 e. The molecule has 0 spiro atoms. The zero-order valence-corrected chi connectivity index (χ0v) is 14.6. The fraction of sp³-hybridized carbons (Fsp3) is 0.150. The van der Waals surface area contributed by atoms with Gasteiger partial charge in [0.15, 0.2) is 0 Å². The summed E-state index contributed by atoms with van der Waals surface area (Å²) in [6.07, 6.45) is 1.56. The number of rotatable bonds is 6. The second-order valence-corrected chi connectivity index (χ2v) is 5.40. The summed E-state index contributed by atoms with van der Waals surface area (Å²) in [5.41, 5.74) is 1.74. The first-order valence-electron chi connectivity index (χ1n) is 8.12. The van der Waals surface area contributed by atoms with Crippen molar-refractivity contribution < 1.29 is 19.1 Å². The molecule has 0 radical (unpaired) electrons. The van der Waals surface area contributed by atoms with E-state index in [0.717, 1.165) is 5.56 Å². The van der Waals surface area contributed by atoms with Gasteiger partial charge < -0.3 is 15.4 Å². The number of benzene rings is 2. The van der Waals surface area contributed by atoms with Gasteiger partial charge in [0, 0.05) is 18.2 Å². The molecule has 0 aliphatic carbocycles. The van der Waals surface area contributed by atoms with Gasteiger partial charge in [-0.1, -0.05) is 30.3 Å². The van der Waals surface area contributed by atoms with Gasteiger partial charge in [0.2, 0.25) is 5.91 Å². The van der Waals surface area contributed by atoms with Crippen LogP contribution in [0, 0.1) is 0 Å². The lowest BCUT2D eigenvalue weighted by atomic mass is 10.1. The van der Waals surface area contributed by atoms with Crippen LogP contribution >= 0.6 is 0 Å². The Morgan fingerprint density at radius 1 is 1.00 bits per heavy atom. The quantitative estimate of drug-likeness (QED) is 0.618. The van der Waals surface area contributed by atoms with Gasteiger partial charge in [-0.15, -0.1) is 0 Å². The number of ether oxygens (including phenoxy) is 1. The van der Waals surface area contributed by atoms with Crippen LogP contribution in [0.2, 0.25) is 0 Å². The van der Waals surface area contributed by atoms with Crippen molar-refractivity contribution in [1.29, 1.82) is 0 Å². The Kier molecular flexibility index (Phi) is 6.68. The summed E-state index contributed by atoms with van der Waals surface area (Å²) < 4.78 is 5.01. The standard InChI is InChI=1S/C20H20N2O4/c1-3-26-20(25)18(13-15-7-5-4-6-8-15)22-19(24)16-9-11-17(12-10-16)21-14(2)23/h4-13H,3H2,1-2H3,(H,21,23)(H,22,24)/b18-13-. The molecule has 0 aromatic heterocycles. The highest BCUT2D eigenvalue weighted by atomic mass is 16.5. The first-order valence-corrected chi connectivity index (χ1v) is 8.12. The van der Waals surface area contributed by atoms with E-state index in [2.05, 4.69) is 10.6 Å². The largest absolute Gasteiger partial charge is 0.461 e. The van der Waals surface area contributed by atoms with Gasteiger partial charge in [0.1, 0.15) is 5.70 Å². The maximum atomic E-state index is 12.4. The van der Waals surface area contributed by atoms with Crippen molar-refractivity contribution in [1.82, 2.24) is 5.32 Å². The molecule has 2 aromatic rings. The fourth-order valence-corrected chi connectivity index (χ4v) is 2.17. The smallest absolute Gasteiger partial charge is 0.354 e. The van der Waals surface area contributed by atoms with Gasteiger partial charge >= 0.3 is 5.97 Å². The SMILES string of the molecule is CCOC(=O)/C(=C/c1ccccc1)NC(=O)c1ccc(NC(C)=O)cc1. The summed E-state index contributed by atoms with van der Waals surface area (Å²) >= 11 is 0. The van der Waals surface area contributed by atoms with E-state index in [1.54, 1.807) is 37.3 Å². The number of esters is 1. The average molecular weight is 352 g/mol. The lowest BCUT2D eigenvalue weighted by molar-refractivity contribution is -0.138. The van der Waals surface area contributed by atoms with Gasteiger partial charge in [-0.2, -0.15) is 0 Å². The van der Waals surface area contributed by atoms with Crippen LogP contribution in [0.4, 0.5) is 5.69 Å². The molecule has 2 amide bonds. The number of hydrogen-bond acceptors (Lipinski definition) is 4. The molecule has 0 aliphatic rings. The lowest BCUT2D eigenvalue weighted by Gasteiger charge is -2.10. The van der Waals surface area contributed by atoms with Crippen LogP contribution in [0.3, 0.4) is 0 Å².